The highest BCUT2D eigenvalue weighted by Crippen LogP contribution is 2.18. The Morgan fingerprint density at radius 1 is 1.23 bits per heavy atom. The molecule has 66 valence electrons. The van der Waals surface area contributed by atoms with Crippen LogP contribution in [0.4, 0.5) is 0 Å². The van der Waals surface area contributed by atoms with Crippen molar-refractivity contribution in [3.05, 3.63) is 41.0 Å². The summed E-state index contributed by atoms with van der Waals surface area (Å²) in [6.07, 6.45) is 0.971. The second-order valence-electron chi connectivity index (χ2n) is 2.87. The SMILES string of the molecule is PCc1ccc2nc(Cl)ccc2c1. The summed E-state index contributed by atoms with van der Waals surface area (Å²) in [5.74, 6) is 0. The molecule has 1 atom stereocenters. The summed E-state index contributed by atoms with van der Waals surface area (Å²) in [5, 5.41) is 1.69. The topological polar surface area (TPSA) is 12.9 Å². The first-order valence-corrected chi connectivity index (χ1v) is 5.24. The molecule has 1 heterocycles. The number of fused-ring (bicyclic) bond motifs is 1. The van der Waals surface area contributed by atoms with Crippen molar-refractivity contribution >= 4 is 31.7 Å². The van der Waals surface area contributed by atoms with Crippen LogP contribution in [0.2, 0.25) is 5.15 Å². The van der Waals surface area contributed by atoms with Gasteiger partial charge in [0.1, 0.15) is 5.15 Å². The van der Waals surface area contributed by atoms with Gasteiger partial charge in [0.25, 0.3) is 0 Å². The molecule has 1 unspecified atom stereocenters. The van der Waals surface area contributed by atoms with Gasteiger partial charge in [0, 0.05) is 5.39 Å². The second-order valence-corrected chi connectivity index (χ2v) is 3.66. The van der Waals surface area contributed by atoms with E-state index in [1.165, 1.54) is 5.56 Å². The standard InChI is InChI=1S/C10H9ClNP/c11-10-4-2-8-5-7(6-13)1-3-9(8)12-10/h1-5H,6,13H2. The van der Waals surface area contributed by atoms with Gasteiger partial charge in [-0.1, -0.05) is 17.7 Å². The van der Waals surface area contributed by atoms with Crippen LogP contribution < -0.4 is 0 Å². The number of rotatable bonds is 1. The van der Waals surface area contributed by atoms with Gasteiger partial charge in [-0.05, 0) is 36.0 Å². The molecule has 13 heavy (non-hydrogen) atoms. The minimum Gasteiger partial charge on any atom is -0.236 e. The maximum atomic E-state index is 5.78. The van der Waals surface area contributed by atoms with E-state index < -0.39 is 0 Å². The number of hydrogen-bond acceptors (Lipinski definition) is 1. The number of halogens is 1. The minimum atomic E-state index is 0.547. The molecule has 1 aromatic heterocycles. The zero-order valence-electron chi connectivity index (χ0n) is 7.00. The third-order valence-corrected chi connectivity index (χ3v) is 2.64. The summed E-state index contributed by atoms with van der Waals surface area (Å²) < 4.78 is 0. The van der Waals surface area contributed by atoms with E-state index in [0.29, 0.717) is 5.15 Å². The summed E-state index contributed by atoms with van der Waals surface area (Å²) >= 11 is 5.78. The van der Waals surface area contributed by atoms with Crippen LogP contribution in [-0.4, -0.2) is 4.98 Å². The number of nitrogens with zero attached hydrogens (tertiary/aromatic N) is 1. The summed E-state index contributed by atoms with van der Waals surface area (Å²) in [7, 11) is 2.71. The quantitative estimate of drug-likeness (QED) is 0.519. The first-order valence-electron chi connectivity index (χ1n) is 4.05. The van der Waals surface area contributed by atoms with Gasteiger partial charge in [-0.2, -0.15) is 0 Å². The first kappa shape index (κ1) is 8.93. The Kier molecular flexibility index (Phi) is 2.48. The molecule has 0 spiro atoms. The molecule has 0 N–H and O–H groups in total. The van der Waals surface area contributed by atoms with E-state index in [1.54, 1.807) is 0 Å². The normalized spacial score (nSPS) is 10.6. The van der Waals surface area contributed by atoms with Crippen LogP contribution in [0.15, 0.2) is 30.3 Å². The summed E-state index contributed by atoms with van der Waals surface area (Å²) in [4.78, 5) is 4.21. The van der Waals surface area contributed by atoms with Crippen LogP contribution >= 0.6 is 20.8 Å². The Balaban J connectivity index is 2.66. The lowest BCUT2D eigenvalue weighted by atomic mass is 10.1. The predicted molar refractivity (Wildman–Crippen MR) is 60.2 cm³/mol. The Hall–Kier alpha value is -0.650. The number of pyridine rings is 1. The van der Waals surface area contributed by atoms with Crippen molar-refractivity contribution in [2.24, 2.45) is 0 Å². The van der Waals surface area contributed by atoms with Crippen molar-refractivity contribution in [2.75, 3.05) is 0 Å². The first-order chi connectivity index (χ1) is 6.29. The predicted octanol–water partition coefficient (Wildman–Crippen LogP) is 3.26. The van der Waals surface area contributed by atoms with Gasteiger partial charge in [0.05, 0.1) is 5.52 Å². The zero-order chi connectivity index (χ0) is 9.26. The molecule has 0 aliphatic rings. The molecule has 0 saturated heterocycles. The average molecular weight is 210 g/mol. The van der Waals surface area contributed by atoms with Gasteiger partial charge in [0.2, 0.25) is 0 Å². The molecule has 0 amide bonds. The third kappa shape index (κ3) is 1.82. The van der Waals surface area contributed by atoms with Crippen molar-refractivity contribution in [3.8, 4) is 0 Å². The fraction of sp³-hybridized carbons (Fsp3) is 0.100. The van der Waals surface area contributed by atoms with Gasteiger partial charge >= 0.3 is 0 Å². The lowest BCUT2D eigenvalue weighted by Crippen LogP contribution is -1.82. The highest BCUT2D eigenvalue weighted by Gasteiger charge is 1.96. The molecule has 0 aliphatic carbocycles. The maximum Gasteiger partial charge on any atom is 0.129 e. The Labute approximate surface area is 84.3 Å². The van der Waals surface area contributed by atoms with Gasteiger partial charge in [-0.3, -0.25) is 0 Å². The molecule has 2 aromatic rings. The number of hydrogen-bond donors (Lipinski definition) is 0. The lowest BCUT2D eigenvalue weighted by molar-refractivity contribution is 1.38. The molecule has 0 saturated carbocycles. The molecule has 1 nitrogen and oxygen atoms in total. The smallest absolute Gasteiger partial charge is 0.129 e. The van der Waals surface area contributed by atoms with Crippen LogP contribution in [0.5, 0.6) is 0 Å². The van der Waals surface area contributed by atoms with Crippen molar-refractivity contribution < 1.29 is 0 Å². The number of benzene rings is 1. The molecule has 2 rings (SSSR count). The molecular formula is C10H9ClNP. The lowest BCUT2D eigenvalue weighted by Gasteiger charge is -2.00. The van der Waals surface area contributed by atoms with E-state index in [9.17, 15) is 0 Å². The molecular weight excluding hydrogens is 201 g/mol. The molecule has 0 bridgehead atoms. The van der Waals surface area contributed by atoms with Gasteiger partial charge < -0.3 is 0 Å². The fourth-order valence-corrected chi connectivity index (χ4v) is 1.69. The van der Waals surface area contributed by atoms with Crippen molar-refractivity contribution in [1.29, 1.82) is 0 Å². The van der Waals surface area contributed by atoms with Gasteiger partial charge in [-0.25, -0.2) is 4.98 Å². The molecule has 3 heteroatoms. The summed E-state index contributed by atoms with van der Waals surface area (Å²) in [5.41, 5.74) is 2.25. The maximum absolute atomic E-state index is 5.78. The Morgan fingerprint density at radius 3 is 2.85 bits per heavy atom. The largest absolute Gasteiger partial charge is 0.236 e. The highest BCUT2D eigenvalue weighted by atomic mass is 35.5. The molecule has 1 aromatic carbocycles. The van der Waals surface area contributed by atoms with Crippen molar-refractivity contribution in [3.63, 3.8) is 0 Å². The fourth-order valence-electron chi connectivity index (χ4n) is 1.28. The zero-order valence-corrected chi connectivity index (χ0v) is 8.91. The average Bonchev–Trinajstić information content (AvgIpc) is 2.17. The molecule has 0 fully saturated rings. The van der Waals surface area contributed by atoms with E-state index in [0.717, 1.165) is 17.1 Å². The minimum absolute atomic E-state index is 0.547. The number of aromatic nitrogens is 1. The van der Waals surface area contributed by atoms with E-state index in [-0.39, 0.29) is 0 Å². The second kappa shape index (κ2) is 3.61. The summed E-state index contributed by atoms with van der Waals surface area (Å²) in [6, 6.07) is 10.0. The van der Waals surface area contributed by atoms with Gasteiger partial charge in [-0.15, -0.1) is 9.24 Å². The van der Waals surface area contributed by atoms with Crippen LogP contribution in [0.3, 0.4) is 0 Å². The third-order valence-electron chi connectivity index (χ3n) is 1.96. The summed E-state index contributed by atoms with van der Waals surface area (Å²) in [6.45, 7) is 0. The van der Waals surface area contributed by atoms with E-state index in [2.05, 4.69) is 26.4 Å². The van der Waals surface area contributed by atoms with Crippen LogP contribution in [0.1, 0.15) is 5.56 Å². The monoisotopic (exact) mass is 209 g/mol. The van der Waals surface area contributed by atoms with Crippen LogP contribution in [-0.2, 0) is 6.16 Å². The molecule has 0 radical (unpaired) electrons. The van der Waals surface area contributed by atoms with Crippen molar-refractivity contribution in [2.45, 2.75) is 6.16 Å². The van der Waals surface area contributed by atoms with Crippen LogP contribution in [0.25, 0.3) is 10.9 Å². The highest BCUT2D eigenvalue weighted by molar-refractivity contribution is 7.15. The van der Waals surface area contributed by atoms with E-state index >= 15 is 0 Å². The van der Waals surface area contributed by atoms with Crippen LogP contribution in [0, 0.1) is 0 Å². The van der Waals surface area contributed by atoms with Gasteiger partial charge in [0.15, 0.2) is 0 Å². The molecule has 0 aliphatic heterocycles. The van der Waals surface area contributed by atoms with E-state index in [1.807, 2.05) is 18.2 Å². The van der Waals surface area contributed by atoms with E-state index in [4.69, 9.17) is 11.6 Å². The van der Waals surface area contributed by atoms with Crippen molar-refractivity contribution in [1.82, 2.24) is 4.98 Å². The Morgan fingerprint density at radius 2 is 2.08 bits per heavy atom. The Bertz CT molecular complexity index is 442.